The highest BCUT2D eigenvalue weighted by Crippen LogP contribution is 2.34. The number of ether oxygens (including phenoxy) is 3. The second-order valence-electron chi connectivity index (χ2n) is 14.4. The van der Waals surface area contributed by atoms with Gasteiger partial charge in [0.1, 0.15) is 22.8 Å². The average molecular weight is 661 g/mol. The molecular formula is C35H48N8O5. The zero-order valence-corrected chi connectivity index (χ0v) is 29.5. The summed E-state index contributed by atoms with van der Waals surface area (Å²) >= 11 is 0. The largest absolute Gasteiger partial charge is 0.496 e. The number of carbonyl (C=O) groups excluding carboxylic acids is 2. The zero-order chi connectivity index (χ0) is 34.8. The lowest BCUT2D eigenvalue weighted by molar-refractivity contribution is 0.00729. The maximum atomic E-state index is 13.7. The summed E-state index contributed by atoms with van der Waals surface area (Å²) in [6, 6.07) is 7.86. The molecule has 0 saturated carbocycles. The van der Waals surface area contributed by atoms with E-state index in [0.29, 0.717) is 31.1 Å². The van der Waals surface area contributed by atoms with Gasteiger partial charge in [0.05, 0.1) is 25.2 Å². The molecule has 2 atom stereocenters. The average Bonchev–Trinajstić information content (AvgIpc) is 3.62. The van der Waals surface area contributed by atoms with Gasteiger partial charge in [0, 0.05) is 67.6 Å². The summed E-state index contributed by atoms with van der Waals surface area (Å²) in [5.74, 6) is 1.11. The van der Waals surface area contributed by atoms with E-state index in [1.54, 1.807) is 28.7 Å². The minimum atomic E-state index is -0.686. The van der Waals surface area contributed by atoms with Gasteiger partial charge in [0.25, 0.3) is 0 Å². The lowest BCUT2D eigenvalue weighted by Gasteiger charge is -2.40. The third-order valence-corrected chi connectivity index (χ3v) is 8.03. The fourth-order valence-corrected chi connectivity index (χ4v) is 5.85. The van der Waals surface area contributed by atoms with E-state index >= 15 is 0 Å². The number of anilines is 1. The number of methoxy groups -OCH3 is 1. The second-order valence-corrected chi connectivity index (χ2v) is 14.4. The van der Waals surface area contributed by atoms with Crippen LogP contribution in [0.2, 0.25) is 0 Å². The molecule has 1 fully saturated rings. The van der Waals surface area contributed by atoms with Crippen molar-refractivity contribution in [2.75, 3.05) is 25.5 Å². The van der Waals surface area contributed by atoms with Gasteiger partial charge in [-0.25, -0.2) is 14.6 Å². The number of rotatable bonds is 8. The van der Waals surface area contributed by atoms with Crippen molar-refractivity contribution < 1.29 is 23.8 Å². The Balaban J connectivity index is 1.44. The van der Waals surface area contributed by atoms with Gasteiger partial charge < -0.3 is 24.4 Å². The second kappa shape index (κ2) is 13.8. The van der Waals surface area contributed by atoms with Crippen molar-refractivity contribution in [3.8, 4) is 16.9 Å². The highest BCUT2D eigenvalue weighted by atomic mass is 16.6. The van der Waals surface area contributed by atoms with Crippen LogP contribution in [0, 0.1) is 6.92 Å². The van der Waals surface area contributed by atoms with E-state index in [1.165, 1.54) is 0 Å². The molecule has 13 heteroatoms. The summed E-state index contributed by atoms with van der Waals surface area (Å²) in [5.41, 5.74) is 3.73. The van der Waals surface area contributed by atoms with E-state index in [2.05, 4.69) is 33.0 Å². The third kappa shape index (κ3) is 8.43. The van der Waals surface area contributed by atoms with Crippen LogP contribution in [0.15, 0.2) is 42.9 Å². The first-order valence-electron chi connectivity index (χ1n) is 16.3. The maximum Gasteiger partial charge on any atom is 0.413 e. The number of aryl methyl sites for hydroxylation is 2. The van der Waals surface area contributed by atoms with Crippen LogP contribution >= 0.6 is 0 Å². The molecular weight excluding hydrogens is 612 g/mol. The van der Waals surface area contributed by atoms with Crippen molar-refractivity contribution in [1.82, 2.24) is 34.6 Å². The number of benzene rings is 1. The van der Waals surface area contributed by atoms with Crippen LogP contribution in [0.25, 0.3) is 16.8 Å². The van der Waals surface area contributed by atoms with E-state index < -0.39 is 17.3 Å². The number of fused-ring (bicyclic) bond motifs is 1. The smallest absolute Gasteiger partial charge is 0.413 e. The number of likely N-dealkylation sites (tertiary alicyclic amines) is 1. The molecule has 0 bridgehead atoms. The Kier molecular flexibility index (Phi) is 9.99. The number of hydrogen-bond donors (Lipinski definition) is 2. The van der Waals surface area contributed by atoms with Crippen LogP contribution in [-0.4, -0.2) is 78.9 Å². The lowest BCUT2D eigenvalue weighted by Crippen LogP contribution is -2.51. The molecule has 1 aliphatic heterocycles. The van der Waals surface area contributed by atoms with Gasteiger partial charge in [-0.15, -0.1) is 0 Å². The molecule has 5 rings (SSSR count). The minimum Gasteiger partial charge on any atom is -0.496 e. The molecule has 0 aliphatic carbocycles. The zero-order valence-electron chi connectivity index (χ0n) is 29.5. The van der Waals surface area contributed by atoms with Crippen molar-refractivity contribution in [3.05, 3.63) is 59.7 Å². The molecule has 2 N–H and O–H groups in total. The van der Waals surface area contributed by atoms with Gasteiger partial charge in [0.2, 0.25) is 0 Å². The minimum absolute atomic E-state index is 0.100. The van der Waals surface area contributed by atoms with Crippen molar-refractivity contribution in [2.45, 2.75) is 91.0 Å². The van der Waals surface area contributed by atoms with Gasteiger partial charge in [-0.1, -0.05) is 12.1 Å². The fraction of sp³-hybridized carbons (Fsp3) is 0.514. The Morgan fingerprint density at radius 1 is 1.00 bits per heavy atom. The molecule has 4 heterocycles. The summed E-state index contributed by atoms with van der Waals surface area (Å²) in [6.45, 7) is 14.6. The highest BCUT2D eigenvalue weighted by molar-refractivity contribution is 5.86. The number of amides is 2. The van der Waals surface area contributed by atoms with Crippen molar-refractivity contribution >= 4 is 23.7 Å². The number of nitrogens with one attached hydrogen (secondary N) is 2. The molecule has 0 spiro atoms. The standard InChI is InChI=1S/C35H48N8O5/c1-22-10-11-23(29(14-22)46-9)16-36-18-26-13-12-24(21-42(26)33(45)48-35(5,6)7)28-15-30(40-32(44)47-34(2,3)4)43-31(39-28)27(19-38-43)25-17-37-41(8)20-25/h10-11,14-15,17,19-20,24,26,36H,12-13,16,18,21H2,1-9H3,(H,40,44)/t24-,26-/m0/s1. The van der Waals surface area contributed by atoms with E-state index in [4.69, 9.17) is 19.2 Å². The van der Waals surface area contributed by atoms with Gasteiger partial charge in [0.15, 0.2) is 5.65 Å². The first-order chi connectivity index (χ1) is 22.6. The molecule has 1 saturated heterocycles. The lowest BCUT2D eigenvalue weighted by atomic mass is 9.90. The number of hydrogen-bond acceptors (Lipinski definition) is 9. The van der Waals surface area contributed by atoms with Crippen LogP contribution < -0.4 is 15.4 Å². The van der Waals surface area contributed by atoms with Crippen molar-refractivity contribution in [2.24, 2.45) is 7.05 Å². The first kappa shape index (κ1) is 34.7. The molecule has 1 aliphatic rings. The van der Waals surface area contributed by atoms with Crippen LogP contribution in [0.4, 0.5) is 15.4 Å². The molecule has 0 radical (unpaired) electrons. The number of aromatic nitrogens is 5. The Morgan fingerprint density at radius 3 is 2.42 bits per heavy atom. The SMILES string of the molecule is COc1cc(C)ccc1CNC[C@@H]1CC[C@H](c2cc(NC(=O)OC(C)(C)C)n3ncc(-c4cnn(C)c4)c3n2)CN1C(=O)OC(C)(C)C. The maximum absolute atomic E-state index is 13.7. The molecule has 3 aromatic heterocycles. The Morgan fingerprint density at radius 2 is 1.75 bits per heavy atom. The molecule has 13 nitrogen and oxygen atoms in total. The summed E-state index contributed by atoms with van der Waals surface area (Å²) in [6.07, 6.45) is 5.86. The molecule has 4 aromatic rings. The predicted octanol–water partition coefficient (Wildman–Crippen LogP) is 6.07. The number of carbonyl (C=O) groups is 2. The Bertz CT molecular complexity index is 1770. The molecule has 1 aromatic carbocycles. The molecule has 0 unspecified atom stereocenters. The predicted molar refractivity (Wildman–Crippen MR) is 183 cm³/mol. The van der Waals surface area contributed by atoms with Crippen LogP contribution in [0.1, 0.15) is 77.1 Å². The van der Waals surface area contributed by atoms with Gasteiger partial charge >= 0.3 is 12.2 Å². The summed E-state index contributed by atoms with van der Waals surface area (Å²) in [4.78, 5) is 33.5. The molecule has 2 amide bonds. The normalized spacial score (nSPS) is 17.0. The number of piperidine rings is 1. The monoisotopic (exact) mass is 660 g/mol. The van der Waals surface area contributed by atoms with Crippen LogP contribution in [0.3, 0.4) is 0 Å². The molecule has 258 valence electrons. The Hall–Kier alpha value is -4.65. The van der Waals surface area contributed by atoms with Crippen LogP contribution in [-0.2, 0) is 23.1 Å². The fourth-order valence-electron chi connectivity index (χ4n) is 5.85. The number of nitrogens with zero attached hydrogens (tertiary/aromatic N) is 6. The van der Waals surface area contributed by atoms with E-state index in [-0.39, 0.29) is 18.1 Å². The molecule has 48 heavy (non-hydrogen) atoms. The van der Waals surface area contributed by atoms with E-state index in [1.807, 2.05) is 78.7 Å². The van der Waals surface area contributed by atoms with Crippen LogP contribution in [0.5, 0.6) is 5.75 Å². The quantitative estimate of drug-likeness (QED) is 0.231. The van der Waals surface area contributed by atoms with E-state index in [9.17, 15) is 9.59 Å². The third-order valence-electron chi connectivity index (χ3n) is 8.03. The first-order valence-corrected chi connectivity index (χ1v) is 16.3. The summed E-state index contributed by atoms with van der Waals surface area (Å²) in [7, 11) is 3.52. The summed E-state index contributed by atoms with van der Waals surface area (Å²) < 4.78 is 20.3. The van der Waals surface area contributed by atoms with Gasteiger partial charge in [-0.2, -0.15) is 14.7 Å². The topological polar surface area (TPSA) is 137 Å². The van der Waals surface area contributed by atoms with Gasteiger partial charge in [-0.05, 0) is 72.9 Å². The van der Waals surface area contributed by atoms with Gasteiger partial charge in [-0.3, -0.25) is 10.00 Å². The highest BCUT2D eigenvalue weighted by Gasteiger charge is 2.36. The van der Waals surface area contributed by atoms with Crippen molar-refractivity contribution in [1.29, 1.82) is 0 Å². The Labute approximate surface area is 281 Å². The van der Waals surface area contributed by atoms with E-state index in [0.717, 1.165) is 46.5 Å². The van der Waals surface area contributed by atoms with Crippen molar-refractivity contribution in [3.63, 3.8) is 0 Å². The summed E-state index contributed by atoms with van der Waals surface area (Å²) in [5, 5.41) is 15.3.